The summed E-state index contributed by atoms with van der Waals surface area (Å²) in [6, 6.07) is 23.7. The van der Waals surface area contributed by atoms with Gasteiger partial charge in [0, 0.05) is 48.8 Å². The molecule has 2 aliphatic carbocycles. The van der Waals surface area contributed by atoms with E-state index in [4.69, 9.17) is 21.7 Å². The van der Waals surface area contributed by atoms with Crippen LogP contribution in [0.5, 0.6) is 0 Å². The largest absolute Gasteiger partial charge is 0.333 e. The van der Waals surface area contributed by atoms with Crippen LogP contribution in [0.4, 0.5) is 0 Å². The van der Waals surface area contributed by atoms with Crippen molar-refractivity contribution in [1.82, 2.24) is 29.4 Å². The van der Waals surface area contributed by atoms with E-state index in [2.05, 4.69) is 55.6 Å². The molecule has 0 spiro atoms. The second kappa shape index (κ2) is 21.0. The number of carbonyl (C=O) groups is 2. The minimum absolute atomic E-state index is 0. The number of benzene rings is 2. The van der Waals surface area contributed by atoms with Crippen molar-refractivity contribution >= 4 is 45.8 Å². The molecule has 2 aliphatic heterocycles. The van der Waals surface area contributed by atoms with E-state index in [9.17, 15) is 9.59 Å². The second-order valence-electron chi connectivity index (χ2n) is 17.2. The fraction of sp³-hybridized carbons (Fsp3) is 0.565. The lowest BCUT2D eigenvalue weighted by Gasteiger charge is -2.35. The highest BCUT2D eigenvalue weighted by molar-refractivity contribution is 8.76. The summed E-state index contributed by atoms with van der Waals surface area (Å²) in [6.07, 6.45) is 16.1. The van der Waals surface area contributed by atoms with Gasteiger partial charge in [-0.05, 0) is 49.7 Å². The molecule has 13 heteroatoms. The first kappa shape index (κ1) is 43.8. The quantitative estimate of drug-likeness (QED) is 0.101. The number of nitrogens with two attached hydrogens (primary N) is 2. The highest BCUT2D eigenvalue weighted by Crippen LogP contribution is 2.40. The van der Waals surface area contributed by atoms with Gasteiger partial charge >= 0.3 is 0 Å². The first-order chi connectivity index (χ1) is 28.4. The monoisotopic (exact) mass is 858 g/mol. The average Bonchev–Trinajstić information content (AvgIpc) is 3.81. The lowest BCUT2D eigenvalue weighted by atomic mass is 9.83. The Morgan fingerprint density at radius 2 is 0.966 bits per heavy atom. The number of aromatic nitrogens is 4. The van der Waals surface area contributed by atoms with Gasteiger partial charge in [0.25, 0.3) is 0 Å². The average molecular weight is 860 g/mol. The van der Waals surface area contributed by atoms with Crippen LogP contribution in [-0.4, -0.2) is 77.9 Å². The lowest BCUT2D eigenvalue weighted by molar-refractivity contribution is -0.135. The molecule has 8 rings (SSSR count). The van der Waals surface area contributed by atoms with Crippen LogP contribution in [0.3, 0.4) is 0 Å². The van der Waals surface area contributed by atoms with E-state index in [1.54, 1.807) is 21.6 Å². The Balaban J connectivity index is 0.00000528. The number of nitrogens with zero attached hydrogens (tertiary/aromatic N) is 6. The van der Waals surface area contributed by atoms with Gasteiger partial charge in [0.05, 0.1) is 46.9 Å². The summed E-state index contributed by atoms with van der Waals surface area (Å²) in [4.78, 5) is 32.8. The van der Waals surface area contributed by atoms with Gasteiger partial charge < -0.3 is 21.3 Å². The Labute approximate surface area is 364 Å². The van der Waals surface area contributed by atoms with Crippen molar-refractivity contribution in [3.8, 4) is 22.5 Å². The van der Waals surface area contributed by atoms with Crippen LogP contribution in [0.25, 0.3) is 22.5 Å². The van der Waals surface area contributed by atoms with Crippen LogP contribution in [0.15, 0.2) is 72.8 Å². The molecule has 4 aromatic rings. The Morgan fingerprint density at radius 1 is 0.576 bits per heavy atom. The summed E-state index contributed by atoms with van der Waals surface area (Å²) in [5.41, 5.74) is 19.9. The van der Waals surface area contributed by atoms with E-state index in [0.29, 0.717) is 36.4 Å². The third kappa shape index (κ3) is 10.6. The van der Waals surface area contributed by atoms with E-state index in [1.807, 2.05) is 36.4 Å². The summed E-state index contributed by atoms with van der Waals surface area (Å²) in [7, 11) is 3.12. The van der Waals surface area contributed by atoms with Crippen LogP contribution >= 0.6 is 34.0 Å². The molecule has 2 saturated carbocycles. The van der Waals surface area contributed by atoms with Crippen LogP contribution in [0.2, 0.25) is 0 Å². The SMILES string of the molecule is Cl.N[C@@H](CSSC[C@H](N)C(=O)N1CCCn2nc(-c3ccccc3)cc2C1CC1CCCCC1)C(=O)N1CCCn2nc(-c3ccccc3)cc2C1CC1CCCCC1. The minimum atomic E-state index is -0.647. The van der Waals surface area contributed by atoms with Gasteiger partial charge in [-0.2, -0.15) is 10.2 Å². The molecule has 4 atom stereocenters. The van der Waals surface area contributed by atoms with Crippen LogP contribution < -0.4 is 11.5 Å². The zero-order valence-corrected chi connectivity index (χ0v) is 36.9. The molecular formula is C46H63ClN8O2S2. The Hall–Kier alpha value is -3.29. The zero-order chi connectivity index (χ0) is 39.8. The van der Waals surface area contributed by atoms with Crippen molar-refractivity contribution in [1.29, 1.82) is 0 Å². The van der Waals surface area contributed by atoms with Gasteiger partial charge in [0.2, 0.25) is 11.8 Å². The van der Waals surface area contributed by atoms with Crippen molar-refractivity contribution in [3.63, 3.8) is 0 Å². The van der Waals surface area contributed by atoms with E-state index in [1.165, 1.54) is 64.2 Å². The third-order valence-corrected chi connectivity index (χ3v) is 15.5. The first-order valence-electron chi connectivity index (χ1n) is 22.1. The van der Waals surface area contributed by atoms with Gasteiger partial charge in [-0.3, -0.25) is 19.0 Å². The molecule has 4 N–H and O–H groups in total. The van der Waals surface area contributed by atoms with E-state index >= 15 is 0 Å². The lowest BCUT2D eigenvalue weighted by Crippen LogP contribution is -2.47. The highest BCUT2D eigenvalue weighted by atomic mass is 35.5. The Bertz CT molecular complexity index is 1810. The summed E-state index contributed by atoms with van der Waals surface area (Å²) in [6.45, 7) is 2.92. The zero-order valence-electron chi connectivity index (χ0n) is 34.4. The van der Waals surface area contributed by atoms with E-state index < -0.39 is 12.1 Å². The standard InChI is InChI=1S/C46H62N8O2S2.ClH/c47-37(45(55)51-23-13-25-53-43(41(51)27-33-15-5-1-6-16-33)29-39(49-53)35-19-9-3-10-20-35)31-57-58-32-38(48)46(56)52-24-14-26-54-44(42(52)28-34-17-7-2-8-18-34)30-40(50-54)36-21-11-4-12-22-36;/h3-4,9-12,19-22,29-30,33-34,37-38,41-42H,1-2,5-8,13-18,23-28,31-32,47-48H2;1H/t37-,38-,41?,42?;/m0./s1. The smallest absolute Gasteiger partial charge is 0.240 e. The second-order valence-corrected chi connectivity index (χ2v) is 19.7. The Kier molecular flexibility index (Phi) is 15.6. The van der Waals surface area contributed by atoms with E-state index in [-0.39, 0.29) is 36.3 Å². The molecule has 2 aromatic heterocycles. The number of hydrogen-bond donors (Lipinski definition) is 2. The first-order valence-corrected chi connectivity index (χ1v) is 24.5. The number of halogens is 1. The molecule has 0 radical (unpaired) electrons. The molecule has 0 saturated heterocycles. The number of hydrogen-bond acceptors (Lipinski definition) is 8. The number of fused-ring (bicyclic) bond motifs is 2. The van der Waals surface area contributed by atoms with Gasteiger partial charge in [0.1, 0.15) is 0 Å². The molecule has 2 aromatic carbocycles. The van der Waals surface area contributed by atoms with Crippen molar-refractivity contribution in [2.75, 3.05) is 24.6 Å². The molecule has 2 fully saturated rings. The normalized spacial score (nSPS) is 21.4. The fourth-order valence-corrected chi connectivity index (χ4v) is 12.2. The highest BCUT2D eigenvalue weighted by Gasteiger charge is 2.37. The van der Waals surface area contributed by atoms with Gasteiger partial charge in [-0.25, -0.2) is 0 Å². The minimum Gasteiger partial charge on any atom is -0.333 e. The summed E-state index contributed by atoms with van der Waals surface area (Å²) in [5, 5.41) is 10.1. The molecule has 2 unspecified atom stereocenters. The molecular weight excluding hydrogens is 796 g/mol. The van der Waals surface area contributed by atoms with Crippen molar-refractivity contribution in [2.45, 2.75) is 127 Å². The third-order valence-electron chi connectivity index (χ3n) is 13.1. The van der Waals surface area contributed by atoms with Crippen molar-refractivity contribution in [2.24, 2.45) is 23.3 Å². The number of carbonyl (C=O) groups excluding carboxylic acids is 2. The van der Waals surface area contributed by atoms with Gasteiger partial charge in [-0.1, -0.05) is 146 Å². The Morgan fingerprint density at radius 3 is 1.36 bits per heavy atom. The number of aryl methyl sites for hydroxylation is 2. The summed E-state index contributed by atoms with van der Waals surface area (Å²) >= 11 is 0. The molecule has 2 amide bonds. The maximum absolute atomic E-state index is 14.3. The topological polar surface area (TPSA) is 128 Å². The molecule has 10 nitrogen and oxygen atoms in total. The number of amides is 2. The fourth-order valence-electron chi connectivity index (χ4n) is 9.98. The van der Waals surface area contributed by atoms with Gasteiger partial charge in [0.15, 0.2) is 0 Å². The van der Waals surface area contributed by atoms with Crippen LogP contribution in [0, 0.1) is 11.8 Å². The maximum atomic E-state index is 14.3. The number of rotatable bonds is 13. The maximum Gasteiger partial charge on any atom is 0.240 e. The summed E-state index contributed by atoms with van der Waals surface area (Å²) < 4.78 is 4.30. The molecule has 0 bridgehead atoms. The van der Waals surface area contributed by atoms with Crippen LogP contribution in [-0.2, 0) is 22.7 Å². The molecule has 59 heavy (non-hydrogen) atoms. The van der Waals surface area contributed by atoms with Crippen molar-refractivity contribution in [3.05, 3.63) is 84.2 Å². The molecule has 4 heterocycles. The molecule has 318 valence electrons. The van der Waals surface area contributed by atoms with Crippen LogP contribution in [0.1, 0.15) is 113 Å². The predicted molar refractivity (Wildman–Crippen MR) is 244 cm³/mol. The summed E-state index contributed by atoms with van der Waals surface area (Å²) in [5.74, 6) is 2.11. The predicted octanol–water partition coefficient (Wildman–Crippen LogP) is 9.06. The van der Waals surface area contributed by atoms with Gasteiger partial charge in [-0.15, -0.1) is 12.4 Å². The van der Waals surface area contributed by atoms with E-state index in [0.717, 1.165) is 72.7 Å². The molecule has 4 aliphatic rings. The van der Waals surface area contributed by atoms with Crippen molar-refractivity contribution < 1.29 is 9.59 Å².